The summed E-state index contributed by atoms with van der Waals surface area (Å²) in [4.78, 5) is 23.6. The highest BCUT2D eigenvalue weighted by molar-refractivity contribution is 7.89. The van der Waals surface area contributed by atoms with Crippen LogP contribution >= 0.6 is 0 Å². The Morgan fingerprint density at radius 2 is 1.70 bits per heavy atom. The molecule has 1 aliphatic heterocycles. The molecule has 0 aromatic heterocycles. The third kappa shape index (κ3) is 5.43. The number of primary amides is 1. The third-order valence-electron chi connectivity index (χ3n) is 4.75. The molecule has 3 amide bonds. The predicted octanol–water partition coefficient (Wildman–Crippen LogP) is 1.74. The van der Waals surface area contributed by atoms with E-state index in [0.717, 1.165) is 12.8 Å². The number of nitrogens with zero attached hydrogens (tertiary/aromatic N) is 1. The molecular weight excluding hydrogens is 368 g/mol. The molecule has 0 unspecified atom stereocenters. The average Bonchev–Trinajstić information content (AvgIpc) is 2.60. The van der Waals surface area contributed by atoms with Crippen LogP contribution in [-0.2, 0) is 14.8 Å². The molecule has 1 aliphatic rings. The number of amides is 3. The van der Waals surface area contributed by atoms with Crippen molar-refractivity contribution in [3.63, 3.8) is 0 Å². The zero-order valence-electron chi connectivity index (χ0n) is 15.9. The first-order chi connectivity index (χ1) is 12.6. The number of nitrogens with one attached hydrogen (secondary N) is 2. The van der Waals surface area contributed by atoms with Gasteiger partial charge in [0.15, 0.2) is 0 Å². The Morgan fingerprint density at radius 3 is 2.19 bits per heavy atom. The summed E-state index contributed by atoms with van der Waals surface area (Å²) in [6.45, 7) is 6.75. The maximum Gasteiger partial charge on any atom is 0.312 e. The van der Waals surface area contributed by atoms with Gasteiger partial charge in [0, 0.05) is 18.8 Å². The van der Waals surface area contributed by atoms with E-state index in [2.05, 4.69) is 17.6 Å². The normalized spacial score (nSPS) is 17.5. The van der Waals surface area contributed by atoms with Crippen molar-refractivity contribution in [3.05, 3.63) is 24.3 Å². The molecule has 1 saturated heterocycles. The summed E-state index contributed by atoms with van der Waals surface area (Å²) in [6.07, 6.45) is 1.72. The van der Waals surface area contributed by atoms with Gasteiger partial charge >= 0.3 is 6.03 Å². The molecule has 8 nitrogen and oxygen atoms in total. The van der Waals surface area contributed by atoms with Gasteiger partial charge in [0.25, 0.3) is 0 Å². The van der Waals surface area contributed by atoms with Crippen LogP contribution in [0.4, 0.5) is 10.5 Å². The maximum atomic E-state index is 12.7. The Bertz CT molecular complexity index is 769. The van der Waals surface area contributed by atoms with Crippen LogP contribution in [-0.4, -0.2) is 43.8 Å². The van der Waals surface area contributed by atoms with Gasteiger partial charge in [0.1, 0.15) is 6.04 Å². The molecule has 0 aliphatic carbocycles. The molecule has 0 spiro atoms. The molecular formula is C18H28N4O4S. The molecule has 1 atom stereocenters. The lowest BCUT2D eigenvalue weighted by Gasteiger charge is -2.29. The van der Waals surface area contributed by atoms with Gasteiger partial charge in [-0.3, -0.25) is 4.79 Å². The Kier molecular flexibility index (Phi) is 6.83. The first-order valence-corrected chi connectivity index (χ1v) is 10.5. The van der Waals surface area contributed by atoms with E-state index in [1.165, 1.54) is 16.4 Å². The number of sulfonamides is 1. The summed E-state index contributed by atoms with van der Waals surface area (Å²) in [5, 5.41) is 5.08. The summed E-state index contributed by atoms with van der Waals surface area (Å²) in [7, 11) is -3.53. The van der Waals surface area contributed by atoms with E-state index in [4.69, 9.17) is 5.73 Å². The molecule has 1 aromatic carbocycles. The zero-order chi connectivity index (χ0) is 20.2. The first kappa shape index (κ1) is 21.2. The maximum absolute atomic E-state index is 12.7. The van der Waals surface area contributed by atoms with Crippen molar-refractivity contribution < 1.29 is 18.0 Å². The number of carbonyl (C=O) groups excluding carboxylic acids is 2. The second-order valence-electron chi connectivity index (χ2n) is 7.33. The average molecular weight is 397 g/mol. The number of anilines is 1. The number of rotatable bonds is 6. The lowest BCUT2D eigenvalue weighted by Crippen LogP contribution is -2.49. The fraction of sp³-hybridized carbons (Fsp3) is 0.556. The number of carbonyl (C=O) groups is 2. The molecule has 1 heterocycles. The molecule has 27 heavy (non-hydrogen) atoms. The van der Waals surface area contributed by atoms with Crippen LogP contribution in [0.1, 0.15) is 33.6 Å². The third-order valence-corrected chi connectivity index (χ3v) is 6.66. The number of nitrogens with two attached hydrogens (primary N) is 1. The summed E-state index contributed by atoms with van der Waals surface area (Å²) in [6, 6.07) is 4.49. The highest BCUT2D eigenvalue weighted by atomic mass is 32.2. The van der Waals surface area contributed by atoms with Crippen molar-refractivity contribution in [1.29, 1.82) is 0 Å². The quantitative estimate of drug-likeness (QED) is 0.678. The Labute approximate surface area is 160 Å². The van der Waals surface area contributed by atoms with Crippen molar-refractivity contribution >= 4 is 27.6 Å². The van der Waals surface area contributed by atoms with Gasteiger partial charge in [-0.15, -0.1) is 0 Å². The van der Waals surface area contributed by atoms with E-state index in [1.54, 1.807) is 26.0 Å². The second kappa shape index (κ2) is 8.71. The minimum Gasteiger partial charge on any atom is -0.352 e. The van der Waals surface area contributed by atoms with Gasteiger partial charge < -0.3 is 16.4 Å². The van der Waals surface area contributed by atoms with E-state index in [-0.39, 0.29) is 10.8 Å². The van der Waals surface area contributed by atoms with Gasteiger partial charge in [0.2, 0.25) is 15.9 Å². The molecule has 0 saturated carbocycles. The lowest BCUT2D eigenvalue weighted by atomic mass is 10.0. The van der Waals surface area contributed by atoms with Crippen LogP contribution in [0.15, 0.2) is 29.2 Å². The highest BCUT2D eigenvalue weighted by Crippen LogP contribution is 2.24. The van der Waals surface area contributed by atoms with Crippen molar-refractivity contribution in [2.75, 3.05) is 18.4 Å². The standard InChI is InChI=1S/C18H28N4O4S/c1-12(2)16(21-18(19)24)17(23)20-14-4-6-15(7-5-14)27(25,26)22-10-8-13(3)9-11-22/h4-7,12-13,16H,8-11H2,1-3H3,(H,20,23)(H3,19,21,24)/t16-/m0/s1. The van der Waals surface area contributed by atoms with Crippen LogP contribution in [0.5, 0.6) is 0 Å². The van der Waals surface area contributed by atoms with Gasteiger partial charge in [-0.25, -0.2) is 13.2 Å². The van der Waals surface area contributed by atoms with Gasteiger partial charge in [-0.05, 0) is 48.9 Å². The second-order valence-corrected chi connectivity index (χ2v) is 9.27. The molecule has 0 radical (unpaired) electrons. The zero-order valence-corrected chi connectivity index (χ0v) is 16.8. The predicted molar refractivity (Wildman–Crippen MR) is 104 cm³/mol. The Hall–Kier alpha value is -2.13. The van der Waals surface area contributed by atoms with Crippen LogP contribution in [0.25, 0.3) is 0 Å². The summed E-state index contributed by atoms with van der Waals surface area (Å²) in [5.41, 5.74) is 5.56. The SMILES string of the molecule is CC1CCN(S(=O)(=O)c2ccc(NC(=O)[C@@H](NC(N)=O)C(C)C)cc2)CC1. The molecule has 9 heteroatoms. The van der Waals surface area contributed by atoms with Gasteiger partial charge in [0.05, 0.1) is 4.90 Å². The van der Waals surface area contributed by atoms with Gasteiger partial charge in [-0.1, -0.05) is 20.8 Å². The van der Waals surface area contributed by atoms with Gasteiger partial charge in [-0.2, -0.15) is 4.31 Å². The molecule has 2 rings (SSSR count). The van der Waals surface area contributed by atoms with Crippen LogP contribution in [0.3, 0.4) is 0 Å². The first-order valence-electron chi connectivity index (χ1n) is 9.08. The van der Waals surface area contributed by atoms with Crippen LogP contribution < -0.4 is 16.4 Å². The van der Waals surface area contributed by atoms with Crippen molar-refractivity contribution in [2.24, 2.45) is 17.6 Å². The number of benzene rings is 1. The van der Waals surface area contributed by atoms with Crippen LogP contribution in [0, 0.1) is 11.8 Å². The molecule has 150 valence electrons. The van der Waals surface area contributed by atoms with E-state index in [0.29, 0.717) is 24.7 Å². The minimum atomic E-state index is -3.53. The molecule has 1 aromatic rings. The van der Waals surface area contributed by atoms with E-state index < -0.39 is 28.0 Å². The fourth-order valence-electron chi connectivity index (χ4n) is 2.99. The lowest BCUT2D eigenvalue weighted by molar-refractivity contribution is -0.118. The fourth-order valence-corrected chi connectivity index (χ4v) is 4.46. The smallest absolute Gasteiger partial charge is 0.312 e. The largest absolute Gasteiger partial charge is 0.352 e. The number of piperidine rings is 1. The monoisotopic (exact) mass is 396 g/mol. The number of urea groups is 1. The minimum absolute atomic E-state index is 0.154. The van der Waals surface area contributed by atoms with Crippen molar-refractivity contribution in [3.8, 4) is 0 Å². The Balaban J connectivity index is 2.08. The molecule has 4 N–H and O–H groups in total. The van der Waals surface area contributed by atoms with Crippen LogP contribution in [0.2, 0.25) is 0 Å². The van der Waals surface area contributed by atoms with E-state index in [1.807, 2.05) is 0 Å². The number of hydrogen-bond donors (Lipinski definition) is 3. The summed E-state index contributed by atoms with van der Waals surface area (Å²) in [5.74, 6) is -0.0278. The Morgan fingerprint density at radius 1 is 1.15 bits per heavy atom. The highest BCUT2D eigenvalue weighted by Gasteiger charge is 2.28. The van der Waals surface area contributed by atoms with Crippen molar-refractivity contribution in [1.82, 2.24) is 9.62 Å². The number of hydrogen-bond acceptors (Lipinski definition) is 4. The molecule has 1 fully saturated rings. The van der Waals surface area contributed by atoms with E-state index in [9.17, 15) is 18.0 Å². The molecule has 0 bridgehead atoms. The topological polar surface area (TPSA) is 122 Å². The summed E-state index contributed by atoms with van der Waals surface area (Å²) < 4.78 is 27.0. The van der Waals surface area contributed by atoms with Crippen molar-refractivity contribution in [2.45, 2.75) is 44.6 Å². The van der Waals surface area contributed by atoms with E-state index >= 15 is 0 Å². The summed E-state index contributed by atoms with van der Waals surface area (Å²) >= 11 is 0.